The van der Waals surface area contributed by atoms with Gasteiger partial charge in [0.2, 0.25) is 0 Å². The highest BCUT2D eigenvalue weighted by Gasteiger charge is 2.12. The fraction of sp³-hybridized carbons (Fsp3) is 0.120. The highest BCUT2D eigenvalue weighted by atomic mass is 32.2. The fourth-order valence-corrected chi connectivity index (χ4v) is 5.12. The molecule has 0 fully saturated rings. The molecule has 0 atom stereocenters. The van der Waals surface area contributed by atoms with Gasteiger partial charge in [-0.1, -0.05) is 24.3 Å². The average Bonchev–Trinajstić information content (AvgIpc) is 2.91. The van der Waals surface area contributed by atoms with Gasteiger partial charge in [0.1, 0.15) is 11.4 Å². The van der Waals surface area contributed by atoms with E-state index in [4.69, 9.17) is 0 Å². The molecule has 0 bridgehead atoms. The molecule has 8 nitrogen and oxygen atoms in total. The summed E-state index contributed by atoms with van der Waals surface area (Å²) in [6.07, 6.45) is 9.87. The van der Waals surface area contributed by atoms with Gasteiger partial charge >= 0.3 is 0 Å². The Kier molecular flexibility index (Phi) is 8.79. The molecule has 0 spiro atoms. The van der Waals surface area contributed by atoms with Crippen LogP contribution in [0.5, 0.6) is 0 Å². The SMILES string of the molecule is O=C(Nc1ccccc1SCCCSc1ccccc1NC(=O)c1cnccn1)c1cnccn1. The summed E-state index contributed by atoms with van der Waals surface area (Å²) in [4.78, 5) is 42.8. The van der Waals surface area contributed by atoms with Crippen LogP contribution in [0, 0.1) is 0 Å². The molecule has 0 aliphatic carbocycles. The molecule has 2 N–H and O–H groups in total. The summed E-state index contributed by atoms with van der Waals surface area (Å²) in [5.74, 6) is 1.17. The van der Waals surface area contributed by atoms with Crippen molar-refractivity contribution in [3.05, 3.63) is 97.1 Å². The molecule has 0 saturated carbocycles. The van der Waals surface area contributed by atoms with Crippen molar-refractivity contribution in [1.29, 1.82) is 0 Å². The van der Waals surface area contributed by atoms with E-state index in [0.29, 0.717) is 0 Å². The number of amides is 2. The molecule has 0 saturated heterocycles. The van der Waals surface area contributed by atoms with Crippen LogP contribution in [0.25, 0.3) is 0 Å². The second-order valence-electron chi connectivity index (χ2n) is 7.13. The van der Waals surface area contributed by atoms with E-state index in [1.807, 2.05) is 48.5 Å². The molecule has 0 aliphatic heterocycles. The third kappa shape index (κ3) is 7.11. The maximum Gasteiger partial charge on any atom is 0.275 e. The second kappa shape index (κ2) is 12.6. The van der Waals surface area contributed by atoms with E-state index in [1.165, 1.54) is 37.2 Å². The van der Waals surface area contributed by atoms with Crippen LogP contribution in [0.1, 0.15) is 27.4 Å². The van der Waals surface area contributed by atoms with Gasteiger partial charge in [-0.05, 0) is 42.2 Å². The quantitative estimate of drug-likeness (QED) is 0.229. The predicted octanol–water partition coefficient (Wildman–Crippen LogP) is 5.05. The van der Waals surface area contributed by atoms with E-state index in [-0.39, 0.29) is 23.2 Å². The lowest BCUT2D eigenvalue weighted by Gasteiger charge is -2.11. The third-order valence-electron chi connectivity index (χ3n) is 4.67. The molecular formula is C25H22N6O2S2. The molecule has 2 amide bonds. The standard InChI is InChI=1S/C25H22N6O2S2/c32-24(20-16-26-10-12-28-20)30-18-6-1-3-8-22(18)34-14-5-15-35-23-9-4-2-7-19(23)31-25(33)21-17-27-11-13-29-21/h1-4,6-13,16-17H,5,14-15H2,(H,30,32)(H,31,33). The molecule has 4 rings (SSSR count). The summed E-state index contributed by atoms with van der Waals surface area (Å²) < 4.78 is 0. The summed E-state index contributed by atoms with van der Waals surface area (Å²) in [6.45, 7) is 0. The lowest BCUT2D eigenvalue weighted by Crippen LogP contribution is -2.14. The minimum Gasteiger partial charge on any atom is -0.320 e. The van der Waals surface area contributed by atoms with Gasteiger partial charge in [0.25, 0.3) is 11.8 Å². The first-order valence-electron chi connectivity index (χ1n) is 10.8. The number of rotatable bonds is 10. The Balaban J connectivity index is 1.28. The molecule has 2 aromatic carbocycles. The molecule has 4 aromatic rings. The first-order valence-corrected chi connectivity index (χ1v) is 12.8. The van der Waals surface area contributed by atoms with Crippen LogP contribution in [-0.4, -0.2) is 43.3 Å². The molecule has 176 valence electrons. The summed E-state index contributed by atoms with van der Waals surface area (Å²) in [5, 5.41) is 5.83. The molecule has 0 unspecified atom stereocenters. The zero-order chi connectivity index (χ0) is 24.3. The maximum absolute atomic E-state index is 12.4. The lowest BCUT2D eigenvalue weighted by atomic mass is 10.3. The zero-order valence-electron chi connectivity index (χ0n) is 18.6. The van der Waals surface area contributed by atoms with Crippen molar-refractivity contribution in [3.63, 3.8) is 0 Å². The molecule has 2 aromatic heterocycles. The number of para-hydroxylation sites is 2. The van der Waals surface area contributed by atoms with Gasteiger partial charge in [-0.25, -0.2) is 9.97 Å². The van der Waals surface area contributed by atoms with E-state index in [1.54, 1.807) is 23.5 Å². The largest absolute Gasteiger partial charge is 0.320 e. The molecular weight excluding hydrogens is 480 g/mol. The number of hydrogen-bond acceptors (Lipinski definition) is 8. The van der Waals surface area contributed by atoms with Crippen LogP contribution in [0.15, 0.2) is 95.5 Å². The van der Waals surface area contributed by atoms with Crippen LogP contribution in [0.2, 0.25) is 0 Å². The Morgan fingerprint density at radius 1 is 0.657 bits per heavy atom. The van der Waals surface area contributed by atoms with Gasteiger partial charge in [-0.15, -0.1) is 23.5 Å². The van der Waals surface area contributed by atoms with Crippen molar-refractivity contribution < 1.29 is 9.59 Å². The van der Waals surface area contributed by atoms with Crippen molar-refractivity contribution >= 4 is 46.7 Å². The van der Waals surface area contributed by atoms with E-state index in [9.17, 15) is 9.59 Å². The third-order valence-corrected chi connectivity index (χ3v) is 6.99. The monoisotopic (exact) mass is 502 g/mol. The first-order chi connectivity index (χ1) is 17.2. The van der Waals surface area contributed by atoms with E-state index < -0.39 is 0 Å². The topological polar surface area (TPSA) is 110 Å². The Hall–Kier alpha value is -3.76. The van der Waals surface area contributed by atoms with Crippen molar-refractivity contribution in [2.75, 3.05) is 22.1 Å². The Morgan fingerprint density at radius 3 is 1.54 bits per heavy atom. The molecule has 35 heavy (non-hydrogen) atoms. The van der Waals surface area contributed by atoms with Gasteiger partial charge in [0.05, 0.1) is 23.8 Å². The van der Waals surface area contributed by atoms with Crippen molar-refractivity contribution in [2.45, 2.75) is 16.2 Å². The minimum atomic E-state index is -0.290. The van der Waals surface area contributed by atoms with Gasteiger partial charge in [-0.3, -0.25) is 19.6 Å². The maximum atomic E-state index is 12.4. The predicted molar refractivity (Wildman–Crippen MR) is 139 cm³/mol. The number of nitrogens with zero attached hydrogens (tertiary/aromatic N) is 4. The van der Waals surface area contributed by atoms with Crippen LogP contribution in [0.4, 0.5) is 11.4 Å². The molecule has 0 aliphatic rings. The smallest absolute Gasteiger partial charge is 0.275 e. The Labute approximate surface area is 211 Å². The van der Waals surface area contributed by atoms with Crippen molar-refractivity contribution in [2.24, 2.45) is 0 Å². The highest BCUT2D eigenvalue weighted by Crippen LogP contribution is 2.31. The number of thioether (sulfide) groups is 2. The second-order valence-corrected chi connectivity index (χ2v) is 9.41. The van der Waals surface area contributed by atoms with E-state index >= 15 is 0 Å². The molecule has 10 heteroatoms. The van der Waals surface area contributed by atoms with Gasteiger partial charge in [-0.2, -0.15) is 0 Å². The number of anilines is 2. The van der Waals surface area contributed by atoms with E-state index in [2.05, 4.69) is 30.6 Å². The van der Waals surface area contributed by atoms with Crippen molar-refractivity contribution in [1.82, 2.24) is 19.9 Å². The lowest BCUT2D eigenvalue weighted by molar-refractivity contribution is 0.101. The van der Waals surface area contributed by atoms with Crippen LogP contribution >= 0.6 is 23.5 Å². The minimum absolute atomic E-state index is 0.272. The normalized spacial score (nSPS) is 10.5. The number of carbonyl (C=O) groups excluding carboxylic acids is 2. The van der Waals surface area contributed by atoms with Gasteiger partial charge in [0.15, 0.2) is 0 Å². The Morgan fingerprint density at radius 2 is 1.11 bits per heavy atom. The van der Waals surface area contributed by atoms with Gasteiger partial charge < -0.3 is 10.6 Å². The van der Waals surface area contributed by atoms with Crippen molar-refractivity contribution in [3.8, 4) is 0 Å². The molecule has 2 heterocycles. The average molecular weight is 503 g/mol. The summed E-state index contributed by atoms with van der Waals surface area (Å²) >= 11 is 3.36. The molecule has 0 radical (unpaired) electrons. The van der Waals surface area contributed by atoms with E-state index in [0.717, 1.165) is 39.1 Å². The number of benzene rings is 2. The van der Waals surface area contributed by atoms with Crippen LogP contribution in [-0.2, 0) is 0 Å². The zero-order valence-corrected chi connectivity index (χ0v) is 20.3. The number of carbonyl (C=O) groups is 2. The number of hydrogen-bond donors (Lipinski definition) is 2. The number of nitrogens with one attached hydrogen (secondary N) is 2. The highest BCUT2D eigenvalue weighted by molar-refractivity contribution is 8.00. The Bertz CT molecular complexity index is 1180. The van der Waals surface area contributed by atoms with Crippen LogP contribution in [0.3, 0.4) is 0 Å². The first kappa shape index (κ1) is 24.4. The van der Waals surface area contributed by atoms with Crippen LogP contribution < -0.4 is 10.6 Å². The summed E-state index contributed by atoms with van der Waals surface area (Å²) in [6, 6.07) is 15.4. The fourth-order valence-electron chi connectivity index (χ4n) is 3.02. The van der Waals surface area contributed by atoms with Gasteiger partial charge in [0, 0.05) is 34.6 Å². The summed E-state index contributed by atoms with van der Waals surface area (Å²) in [7, 11) is 0. The number of aromatic nitrogens is 4. The summed E-state index contributed by atoms with van der Waals surface area (Å²) in [5.41, 5.74) is 2.04.